The third-order valence-electron chi connectivity index (χ3n) is 3.99. The van der Waals surface area contributed by atoms with Crippen LogP contribution in [0.15, 0.2) is 18.3 Å². The number of aromatic nitrogens is 3. The van der Waals surface area contributed by atoms with Gasteiger partial charge in [-0.25, -0.2) is 0 Å². The lowest BCUT2D eigenvalue weighted by molar-refractivity contribution is 0.00578. The van der Waals surface area contributed by atoms with E-state index < -0.39 is 7.12 Å². The van der Waals surface area contributed by atoms with Crippen LogP contribution >= 0.6 is 0 Å². The molecule has 0 N–H and O–H groups in total. The molecule has 2 aromatic rings. The van der Waals surface area contributed by atoms with Crippen LogP contribution in [0, 0.1) is 0 Å². The predicted octanol–water partition coefficient (Wildman–Crippen LogP) is 1.27. The van der Waals surface area contributed by atoms with Crippen molar-refractivity contribution in [2.75, 3.05) is 0 Å². The van der Waals surface area contributed by atoms with Crippen molar-refractivity contribution < 1.29 is 9.31 Å². The van der Waals surface area contributed by atoms with E-state index in [9.17, 15) is 0 Å². The van der Waals surface area contributed by atoms with E-state index in [4.69, 9.17) is 9.31 Å². The van der Waals surface area contributed by atoms with Crippen LogP contribution in [0.25, 0.3) is 11.0 Å². The summed E-state index contributed by atoms with van der Waals surface area (Å²) in [4.78, 5) is 4.58. The van der Waals surface area contributed by atoms with Crippen LogP contribution in [0.5, 0.6) is 0 Å². The molecular formula is C13H18BN3O2. The summed E-state index contributed by atoms with van der Waals surface area (Å²) in [7, 11) is 1.46. The summed E-state index contributed by atoms with van der Waals surface area (Å²) in [5.74, 6) is 0. The molecule has 1 fully saturated rings. The van der Waals surface area contributed by atoms with Gasteiger partial charge in [0.1, 0.15) is 11.0 Å². The Morgan fingerprint density at radius 1 is 1.05 bits per heavy atom. The van der Waals surface area contributed by atoms with E-state index in [1.807, 2.05) is 53.1 Å². The molecule has 0 radical (unpaired) electrons. The van der Waals surface area contributed by atoms with E-state index in [0.29, 0.717) is 0 Å². The maximum atomic E-state index is 5.99. The zero-order valence-electron chi connectivity index (χ0n) is 12.0. The van der Waals surface area contributed by atoms with Gasteiger partial charge in [0.05, 0.1) is 23.0 Å². The molecule has 0 spiro atoms. The van der Waals surface area contributed by atoms with Gasteiger partial charge in [-0.15, -0.1) is 0 Å². The van der Waals surface area contributed by atoms with Crippen LogP contribution in [0.2, 0.25) is 0 Å². The molecule has 0 saturated carbocycles. The molecule has 5 nitrogen and oxygen atoms in total. The number of nitrogens with zero attached hydrogens (tertiary/aromatic N) is 3. The van der Waals surface area contributed by atoms with Gasteiger partial charge in [-0.2, -0.15) is 5.10 Å². The molecule has 3 heterocycles. The fourth-order valence-corrected chi connectivity index (χ4v) is 2.13. The van der Waals surface area contributed by atoms with Crippen LogP contribution in [0.1, 0.15) is 27.7 Å². The quantitative estimate of drug-likeness (QED) is 0.723. The van der Waals surface area contributed by atoms with Gasteiger partial charge in [0, 0.05) is 7.05 Å². The largest absolute Gasteiger partial charge is 0.514 e. The van der Waals surface area contributed by atoms with Crippen LogP contribution in [-0.2, 0) is 16.4 Å². The van der Waals surface area contributed by atoms with Gasteiger partial charge in [0.25, 0.3) is 0 Å². The molecule has 0 unspecified atom stereocenters. The fourth-order valence-electron chi connectivity index (χ4n) is 2.13. The summed E-state index contributed by atoms with van der Waals surface area (Å²) in [6, 6.07) is 3.86. The minimum Gasteiger partial charge on any atom is -0.398 e. The molecule has 6 heteroatoms. The zero-order valence-corrected chi connectivity index (χ0v) is 12.0. The third-order valence-corrected chi connectivity index (χ3v) is 3.99. The first kappa shape index (κ1) is 12.6. The Labute approximate surface area is 113 Å². The normalized spacial score (nSPS) is 21.2. The van der Waals surface area contributed by atoms with Gasteiger partial charge in [-0.3, -0.25) is 9.67 Å². The number of rotatable bonds is 1. The summed E-state index contributed by atoms with van der Waals surface area (Å²) in [5.41, 5.74) is 1.84. The molecule has 2 aromatic heterocycles. The number of aryl methyl sites for hydroxylation is 1. The number of hydrogen-bond acceptors (Lipinski definition) is 4. The molecular weight excluding hydrogens is 241 g/mol. The Bertz CT molecular complexity index is 620. The number of pyridine rings is 1. The van der Waals surface area contributed by atoms with E-state index in [2.05, 4.69) is 10.1 Å². The molecule has 0 amide bonds. The van der Waals surface area contributed by atoms with Crippen LogP contribution in [-0.4, -0.2) is 33.1 Å². The lowest BCUT2D eigenvalue weighted by atomic mass is 9.84. The molecule has 100 valence electrons. The van der Waals surface area contributed by atoms with Crippen LogP contribution < -0.4 is 5.59 Å². The van der Waals surface area contributed by atoms with E-state index in [1.165, 1.54) is 0 Å². The SMILES string of the molecule is Cn1cc2nc(B3OC(C)(C)C(C)(C)O3)ccc2n1. The van der Waals surface area contributed by atoms with Crippen molar-refractivity contribution in [3.05, 3.63) is 18.3 Å². The van der Waals surface area contributed by atoms with Gasteiger partial charge >= 0.3 is 7.12 Å². The Morgan fingerprint density at radius 2 is 1.68 bits per heavy atom. The van der Waals surface area contributed by atoms with E-state index in [-0.39, 0.29) is 11.2 Å². The van der Waals surface area contributed by atoms with E-state index >= 15 is 0 Å². The zero-order chi connectivity index (χ0) is 13.8. The molecule has 19 heavy (non-hydrogen) atoms. The first-order chi connectivity index (χ1) is 8.78. The van der Waals surface area contributed by atoms with Crippen molar-refractivity contribution in [1.82, 2.24) is 14.8 Å². The summed E-state index contributed by atoms with van der Waals surface area (Å²) in [5, 5.41) is 4.31. The first-order valence-electron chi connectivity index (χ1n) is 6.44. The van der Waals surface area contributed by atoms with Gasteiger partial charge in [0.2, 0.25) is 0 Å². The Hall–Kier alpha value is -1.40. The predicted molar refractivity (Wildman–Crippen MR) is 74.2 cm³/mol. The second-order valence-corrected chi connectivity index (χ2v) is 6.03. The standard InChI is InChI=1S/C13H18BN3O2/c1-12(2)13(3,4)19-14(18-12)11-7-6-9-10(15-11)8-17(5)16-9/h6-8H,1-5H3. The molecule has 0 aromatic carbocycles. The highest BCUT2D eigenvalue weighted by Gasteiger charge is 2.52. The maximum Gasteiger partial charge on any atom is 0.514 e. The molecule has 3 rings (SSSR count). The maximum absolute atomic E-state index is 5.99. The molecule has 1 aliphatic rings. The van der Waals surface area contributed by atoms with Gasteiger partial charge in [-0.1, -0.05) is 0 Å². The second-order valence-electron chi connectivity index (χ2n) is 6.03. The average molecular weight is 259 g/mol. The van der Waals surface area contributed by atoms with Crippen molar-refractivity contribution in [1.29, 1.82) is 0 Å². The highest BCUT2D eigenvalue weighted by molar-refractivity contribution is 6.61. The first-order valence-corrected chi connectivity index (χ1v) is 6.44. The van der Waals surface area contributed by atoms with Crippen LogP contribution in [0.4, 0.5) is 0 Å². The second kappa shape index (κ2) is 3.80. The lowest BCUT2D eigenvalue weighted by Gasteiger charge is -2.32. The minimum atomic E-state index is -0.422. The Balaban J connectivity index is 1.97. The molecule has 0 bridgehead atoms. The topological polar surface area (TPSA) is 49.2 Å². The summed E-state index contributed by atoms with van der Waals surface area (Å²) < 4.78 is 13.7. The third kappa shape index (κ3) is 1.95. The minimum absolute atomic E-state index is 0.344. The van der Waals surface area contributed by atoms with Crippen molar-refractivity contribution in [3.8, 4) is 0 Å². The fraction of sp³-hybridized carbons (Fsp3) is 0.538. The van der Waals surface area contributed by atoms with Gasteiger partial charge in [-0.05, 0) is 39.8 Å². The molecule has 0 aliphatic carbocycles. The smallest absolute Gasteiger partial charge is 0.398 e. The monoisotopic (exact) mass is 259 g/mol. The summed E-state index contributed by atoms with van der Waals surface area (Å²) in [6.45, 7) is 8.15. The van der Waals surface area contributed by atoms with E-state index in [1.54, 1.807) is 4.68 Å². The lowest BCUT2D eigenvalue weighted by Crippen LogP contribution is -2.41. The van der Waals surface area contributed by atoms with Crippen molar-refractivity contribution in [2.24, 2.45) is 7.05 Å². The highest BCUT2D eigenvalue weighted by Crippen LogP contribution is 2.36. The van der Waals surface area contributed by atoms with Crippen molar-refractivity contribution in [2.45, 2.75) is 38.9 Å². The number of fused-ring (bicyclic) bond motifs is 1. The van der Waals surface area contributed by atoms with Gasteiger partial charge < -0.3 is 9.31 Å². The van der Waals surface area contributed by atoms with Crippen LogP contribution in [0.3, 0.4) is 0 Å². The van der Waals surface area contributed by atoms with E-state index in [0.717, 1.165) is 16.6 Å². The highest BCUT2D eigenvalue weighted by atomic mass is 16.7. The summed E-state index contributed by atoms with van der Waals surface area (Å²) >= 11 is 0. The molecule has 0 atom stereocenters. The average Bonchev–Trinajstić information content (AvgIpc) is 2.74. The molecule has 1 saturated heterocycles. The molecule has 1 aliphatic heterocycles. The van der Waals surface area contributed by atoms with Crippen molar-refractivity contribution in [3.63, 3.8) is 0 Å². The Morgan fingerprint density at radius 3 is 2.32 bits per heavy atom. The number of hydrogen-bond donors (Lipinski definition) is 0. The van der Waals surface area contributed by atoms with Crippen molar-refractivity contribution >= 4 is 23.7 Å². The Kier molecular flexibility index (Phi) is 2.53. The summed E-state index contributed by atoms with van der Waals surface area (Å²) in [6.07, 6.45) is 1.89. The van der Waals surface area contributed by atoms with Gasteiger partial charge in [0.15, 0.2) is 0 Å².